The van der Waals surface area contributed by atoms with Gasteiger partial charge in [0.05, 0.1) is 0 Å². The smallest absolute Gasteiger partial charge is 0.142 e. The van der Waals surface area contributed by atoms with Crippen LogP contribution in [0.2, 0.25) is 0 Å². The van der Waals surface area contributed by atoms with E-state index in [0.717, 1.165) is 18.3 Å². The Kier molecular flexibility index (Phi) is 4.30. The van der Waals surface area contributed by atoms with Crippen LogP contribution in [0.4, 0.5) is 0 Å². The molecule has 0 spiro atoms. The standard InChI is InChI=1S/C17H18O/c1-2-3-5-14-7-9-17-13-15(6-4-11-18)8-10-16(17)12-14/h4,6-13H,2-3,5H2,1H3. The maximum Gasteiger partial charge on any atom is 0.142 e. The van der Waals surface area contributed by atoms with E-state index < -0.39 is 0 Å². The van der Waals surface area contributed by atoms with Crippen LogP contribution < -0.4 is 0 Å². The Labute approximate surface area is 108 Å². The van der Waals surface area contributed by atoms with Crippen LogP contribution in [0.5, 0.6) is 0 Å². The van der Waals surface area contributed by atoms with Gasteiger partial charge in [0.1, 0.15) is 6.29 Å². The predicted octanol–water partition coefficient (Wildman–Crippen LogP) is 4.39. The molecule has 0 amide bonds. The molecule has 18 heavy (non-hydrogen) atoms. The van der Waals surface area contributed by atoms with Gasteiger partial charge >= 0.3 is 0 Å². The topological polar surface area (TPSA) is 17.1 Å². The number of aldehydes is 1. The van der Waals surface area contributed by atoms with Gasteiger partial charge in [-0.2, -0.15) is 0 Å². The van der Waals surface area contributed by atoms with E-state index in [1.54, 1.807) is 0 Å². The van der Waals surface area contributed by atoms with Crippen LogP contribution in [-0.4, -0.2) is 6.29 Å². The molecule has 0 aliphatic carbocycles. The number of hydrogen-bond acceptors (Lipinski definition) is 1. The lowest BCUT2D eigenvalue weighted by Crippen LogP contribution is -1.85. The number of aryl methyl sites for hydroxylation is 1. The molecule has 0 radical (unpaired) electrons. The molecule has 92 valence electrons. The third-order valence-electron chi connectivity index (χ3n) is 3.11. The van der Waals surface area contributed by atoms with Crippen LogP contribution in [0.3, 0.4) is 0 Å². The Hall–Kier alpha value is -1.89. The van der Waals surface area contributed by atoms with Crippen molar-refractivity contribution >= 4 is 23.1 Å². The average molecular weight is 238 g/mol. The van der Waals surface area contributed by atoms with Gasteiger partial charge in [0.25, 0.3) is 0 Å². The number of carbonyl (C=O) groups is 1. The van der Waals surface area contributed by atoms with E-state index in [4.69, 9.17) is 0 Å². The molecule has 0 fully saturated rings. The highest BCUT2D eigenvalue weighted by Gasteiger charge is 1.97. The zero-order chi connectivity index (χ0) is 12.8. The first-order valence-electron chi connectivity index (χ1n) is 6.48. The van der Waals surface area contributed by atoms with Crippen LogP contribution in [0, 0.1) is 0 Å². The molecular formula is C17H18O. The summed E-state index contributed by atoms with van der Waals surface area (Å²) in [5, 5.41) is 2.50. The van der Waals surface area contributed by atoms with Crippen molar-refractivity contribution in [3.05, 3.63) is 53.6 Å². The summed E-state index contributed by atoms with van der Waals surface area (Å²) in [4.78, 5) is 10.3. The summed E-state index contributed by atoms with van der Waals surface area (Å²) < 4.78 is 0. The average Bonchev–Trinajstić information content (AvgIpc) is 2.42. The monoisotopic (exact) mass is 238 g/mol. The van der Waals surface area contributed by atoms with E-state index in [1.165, 1.54) is 35.3 Å². The van der Waals surface area contributed by atoms with Crippen LogP contribution in [0.1, 0.15) is 30.9 Å². The minimum absolute atomic E-state index is 0.804. The van der Waals surface area contributed by atoms with Crippen molar-refractivity contribution in [1.82, 2.24) is 0 Å². The third-order valence-corrected chi connectivity index (χ3v) is 3.11. The molecule has 0 aliphatic rings. The highest BCUT2D eigenvalue weighted by Crippen LogP contribution is 2.19. The molecule has 0 saturated heterocycles. The molecular weight excluding hydrogens is 220 g/mol. The van der Waals surface area contributed by atoms with Gasteiger partial charge in [-0.05, 0) is 46.9 Å². The SMILES string of the molecule is CCCCc1ccc2cc(C=CC=O)ccc2c1. The summed E-state index contributed by atoms with van der Waals surface area (Å²) in [6.45, 7) is 2.21. The molecule has 0 bridgehead atoms. The van der Waals surface area contributed by atoms with Crippen molar-refractivity contribution in [2.75, 3.05) is 0 Å². The molecule has 0 aromatic heterocycles. The van der Waals surface area contributed by atoms with Gasteiger partial charge in [-0.3, -0.25) is 4.79 Å². The molecule has 0 N–H and O–H groups in total. The van der Waals surface area contributed by atoms with E-state index in [2.05, 4.69) is 37.3 Å². The number of hydrogen-bond donors (Lipinski definition) is 0. The maximum absolute atomic E-state index is 10.3. The first-order chi connectivity index (χ1) is 8.83. The quantitative estimate of drug-likeness (QED) is 0.557. The second-order valence-electron chi connectivity index (χ2n) is 4.54. The first-order valence-corrected chi connectivity index (χ1v) is 6.48. The molecule has 0 atom stereocenters. The number of allylic oxidation sites excluding steroid dienone is 1. The summed E-state index contributed by atoms with van der Waals surface area (Å²) in [6, 6.07) is 12.9. The van der Waals surface area contributed by atoms with Gasteiger partial charge in [-0.25, -0.2) is 0 Å². The Morgan fingerprint density at radius 2 is 1.83 bits per heavy atom. The molecule has 0 heterocycles. The molecule has 1 heteroatoms. The van der Waals surface area contributed by atoms with Gasteiger partial charge in [0, 0.05) is 0 Å². The van der Waals surface area contributed by atoms with Crippen molar-refractivity contribution in [3.8, 4) is 0 Å². The van der Waals surface area contributed by atoms with Crippen molar-refractivity contribution in [1.29, 1.82) is 0 Å². The first kappa shape index (κ1) is 12.6. The van der Waals surface area contributed by atoms with E-state index in [1.807, 2.05) is 12.1 Å². The number of unbranched alkanes of at least 4 members (excludes halogenated alkanes) is 1. The Bertz CT molecular complexity index is 567. The number of fused-ring (bicyclic) bond motifs is 1. The fourth-order valence-corrected chi connectivity index (χ4v) is 2.10. The second-order valence-corrected chi connectivity index (χ2v) is 4.54. The largest absolute Gasteiger partial charge is 0.299 e. The summed E-state index contributed by atoms with van der Waals surface area (Å²) in [5.74, 6) is 0. The van der Waals surface area contributed by atoms with Crippen LogP contribution in [-0.2, 0) is 11.2 Å². The Balaban J connectivity index is 2.29. The van der Waals surface area contributed by atoms with Gasteiger partial charge < -0.3 is 0 Å². The van der Waals surface area contributed by atoms with E-state index in [-0.39, 0.29) is 0 Å². The fraction of sp³-hybridized carbons (Fsp3) is 0.235. The van der Waals surface area contributed by atoms with Crippen molar-refractivity contribution in [2.24, 2.45) is 0 Å². The van der Waals surface area contributed by atoms with Crippen LogP contribution in [0.25, 0.3) is 16.8 Å². The van der Waals surface area contributed by atoms with Gasteiger partial charge in [-0.1, -0.05) is 49.8 Å². The van der Waals surface area contributed by atoms with Crippen molar-refractivity contribution < 1.29 is 4.79 Å². The number of rotatable bonds is 5. The summed E-state index contributed by atoms with van der Waals surface area (Å²) in [7, 11) is 0. The van der Waals surface area contributed by atoms with Crippen LogP contribution >= 0.6 is 0 Å². The van der Waals surface area contributed by atoms with Gasteiger partial charge in [0.15, 0.2) is 0 Å². The molecule has 0 saturated carbocycles. The molecule has 0 aliphatic heterocycles. The minimum atomic E-state index is 0.804. The number of benzene rings is 2. The molecule has 2 aromatic carbocycles. The fourth-order valence-electron chi connectivity index (χ4n) is 2.10. The lowest BCUT2D eigenvalue weighted by Gasteiger charge is -2.04. The third kappa shape index (κ3) is 3.07. The van der Waals surface area contributed by atoms with E-state index in [0.29, 0.717) is 0 Å². The van der Waals surface area contributed by atoms with Crippen LogP contribution in [0.15, 0.2) is 42.5 Å². The predicted molar refractivity (Wildman–Crippen MR) is 77.7 cm³/mol. The Morgan fingerprint density at radius 1 is 1.06 bits per heavy atom. The molecule has 0 unspecified atom stereocenters. The minimum Gasteiger partial charge on any atom is -0.299 e. The summed E-state index contributed by atoms with van der Waals surface area (Å²) in [6.07, 6.45) is 7.78. The zero-order valence-corrected chi connectivity index (χ0v) is 10.7. The highest BCUT2D eigenvalue weighted by atomic mass is 16.1. The van der Waals surface area contributed by atoms with Crippen molar-refractivity contribution in [2.45, 2.75) is 26.2 Å². The number of carbonyl (C=O) groups excluding carboxylic acids is 1. The highest BCUT2D eigenvalue weighted by molar-refractivity contribution is 5.86. The van der Waals surface area contributed by atoms with Crippen molar-refractivity contribution in [3.63, 3.8) is 0 Å². The van der Waals surface area contributed by atoms with E-state index >= 15 is 0 Å². The van der Waals surface area contributed by atoms with Gasteiger partial charge in [-0.15, -0.1) is 0 Å². The summed E-state index contributed by atoms with van der Waals surface area (Å²) >= 11 is 0. The molecule has 2 aromatic rings. The summed E-state index contributed by atoms with van der Waals surface area (Å²) in [5.41, 5.74) is 2.47. The maximum atomic E-state index is 10.3. The van der Waals surface area contributed by atoms with Gasteiger partial charge in [0.2, 0.25) is 0 Å². The normalized spacial score (nSPS) is 11.2. The Morgan fingerprint density at radius 3 is 2.61 bits per heavy atom. The lowest BCUT2D eigenvalue weighted by molar-refractivity contribution is -0.104. The molecule has 1 nitrogen and oxygen atoms in total. The lowest BCUT2D eigenvalue weighted by atomic mass is 10.0. The zero-order valence-electron chi connectivity index (χ0n) is 10.7. The second kappa shape index (κ2) is 6.15. The van der Waals surface area contributed by atoms with E-state index in [9.17, 15) is 4.79 Å². The molecule has 2 rings (SSSR count).